The Morgan fingerprint density at radius 2 is 1.30 bits per heavy atom. The van der Waals surface area contributed by atoms with E-state index in [0.717, 1.165) is 22.5 Å². The van der Waals surface area contributed by atoms with Crippen molar-refractivity contribution in [2.45, 2.75) is 116 Å². The Bertz CT molecular complexity index is 1790. The van der Waals surface area contributed by atoms with Crippen molar-refractivity contribution in [1.29, 1.82) is 0 Å². The first kappa shape index (κ1) is 43.8. The molecule has 13 nitrogen and oxygen atoms in total. The first-order valence-electron chi connectivity index (χ1n) is 19.3. The average Bonchev–Trinajstić information content (AvgIpc) is 3.77. The monoisotopic (exact) mass is 789 g/mol. The lowest BCUT2D eigenvalue weighted by atomic mass is 9.93. The maximum Gasteiger partial charge on any atom is 0.312 e. The van der Waals surface area contributed by atoms with Gasteiger partial charge in [0.05, 0.1) is 19.1 Å². The molecule has 0 saturated carbocycles. The number of carbonyl (C=O) groups excluding carboxylic acids is 6. The van der Waals surface area contributed by atoms with Crippen LogP contribution in [0.4, 0.5) is 0 Å². The fourth-order valence-corrected chi connectivity index (χ4v) is 6.89. The van der Waals surface area contributed by atoms with Gasteiger partial charge in [0.1, 0.15) is 23.7 Å². The van der Waals surface area contributed by atoms with E-state index in [9.17, 15) is 28.8 Å². The number of aryl methyl sites for hydroxylation is 1. The maximum absolute atomic E-state index is 14.1. The van der Waals surface area contributed by atoms with Crippen LogP contribution >= 0.6 is 11.3 Å². The predicted octanol–water partition coefficient (Wildman–Crippen LogP) is 4.27. The van der Waals surface area contributed by atoms with E-state index in [4.69, 9.17) is 9.47 Å². The SMILES string of the molecule is CCC(=O)Oc1ncc(CC(=O)NC(CCc2ccccc2)C(=O)NC(CC(C)C)C(=O)NC(Cc2ccccc2)C(=O)NC(CC(C)C)C(=O)C2(C)CO2)s1. The number of ether oxygens (including phenoxy) is 2. The minimum atomic E-state index is -1.07. The Morgan fingerprint density at radius 3 is 1.89 bits per heavy atom. The van der Waals surface area contributed by atoms with Crippen molar-refractivity contribution >= 4 is 46.7 Å². The molecule has 4 rings (SSSR count). The highest BCUT2D eigenvalue weighted by Crippen LogP contribution is 2.30. The zero-order valence-corrected chi connectivity index (χ0v) is 33.9. The fourth-order valence-electron chi connectivity index (χ4n) is 6.12. The molecule has 2 heterocycles. The van der Waals surface area contributed by atoms with Crippen molar-refractivity contribution in [2.75, 3.05) is 6.61 Å². The van der Waals surface area contributed by atoms with Crippen LogP contribution in [0.25, 0.3) is 0 Å². The van der Waals surface area contributed by atoms with Crippen LogP contribution < -0.4 is 26.0 Å². The lowest BCUT2D eigenvalue weighted by Gasteiger charge is -2.28. The van der Waals surface area contributed by atoms with Crippen LogP contribution in [0.3, 0.4) is 0 Å². The van der Waals surface area contributed by atoms with Crippen molar-refractivity contribution in [3.8, 4) is 5.19 Å². The zero-order valence-electron chi connectivity index (χ0n) is 33.1. The number of amides is 4. The van der Waals surface area contributed by atoms with Crippen molar-refractivity contribution in [2.24, 2.45) is 11.8 Å². The minimum absolute atomic E-state index is 0.0283. The summed E-state index contributed by atoms with van der Waals surface area (Å²) in [6.45, 7) is 11.4. The number of hydrogen-bond acceptors (Lipinski definition) is 10. The highest BCUT2D eigenvalue weighted by Gasteiger charge is 2.50. The summed E-state index contributed by atoms with van der Waals surface area (Å²) in [4.78, 5) is 85.1. The minimum Gasteiger partial charge on any atom is -0.398 e. The lowest BCUT2D eigenvalue weighted by molar-refractivity contribution is -0.135. The van der Waals surface area contributed by atoms with Crippen LogP contribution in [0.2, 0.25) is 0 Å². The zero-order chi connectivity index (χ0) is 40.8. The number of nitrogens with one attached hydrogen (secondary N) is 4. The number of carbonyl (C=O) groups is 6. The smallest absolute Gasteiger partial charge is 0.312 e. The molecule has 56 heavy (non-hydrogen) atoms. The highest BCUT2D eigenvalue weighted by molar-refractivity contribution is 7.13. The predicted molar refractivity (Wildman–Crippen MR) is 213 cm³/mol. The average molecular weight is 790 g/mol. The Kier molecular flexibility index (Phi) is 16.3. The molecule has 1 aliphatic heterocycles. The highest BCUT2D eigenvalue weighted by atomic mass is 32.1. The molecule has 14 heteroatoms. The number of Topliss-reactive ketones (excluding diaryl/α,β-unsaturated/α-hetero) is 1. The molecule has 1 fully saturated rings. The Labute approximate surface area is 333 Å². The Morgan fingerprint density at radius 1 is 0.768 bits per heavy atom. The van der Waals surface area contributed by atoms with Gasteiger partial charge >= 0.3 is 5.97 Å². The second-order valence-corrected chi connectivity index (χ2v) is 16.3. The lowest BCUT2D eigenvalue weighted by Crippen LogP contribution is -2.59. The van der Waals surface area contributed by atoms with Crippen LogP contribution in [-0.4, -0.2) is 76.7 Å². The molecular formula is C42H55N5O8S. The van der Waals surface area contributed by atoms with Gasteiger partial charge in [-0.1, -0.05) is 107 Å². The molecular weight excluding hydrogens is 735 g/mol. The van der Waals surface area contributed by atoms with Gasteiger partial charge in [-0.25, -0.2) is 4.98 Å². The largest absolute Gasteiger partial charge is 0.398 e. The van der Waals surface area contributed by atoms with E-state index in [-0.39, 0.29) is 61.5 Å². The van der Waals surface area contributed by atoms with Gasteiger partial charge in [0.2, 0.25) is 23.6 Å². The van der Waals surface area contributed by atoms with Crippen molar-refractivity contribution in [3.05, 3.63) is 82.9 Å². The number of benzene rings is 2. The summed E-state index contributed by atoms with van der Waals surface area (Å²) < 4.78 is 10.6. The van der Waals surface area contributed by atoms with Gasteiger partial charge < -0.3 is 30.7 Å². The maximum atomic E-state index is 14.1. The van der Waals surface area contributed by atoms with Crippen molar-refractivity contribution in [3.63, 3.8) is 0 Å². The number of ketones is 1. The van der Waals surface area contributed by atoms with Gasteiger partial charge in [-0.05, 0) is 55.6 Å². The van der Waals surface area contributed by atoms with E-state index in [0.29, 0.717) is 17.7 Å². The standard InChI is InChI=1S/C42H55N5O8S/c1-7-36(49)55-41-43-24-30(56-41)23-35(48)44-31(19-18-28-14-10-8-11-15-28)38(51)46-33(21-27(4)5)39(52)47-34(22-29-16-12-9-13-17-29)40(53)45-32(20-26(2)3)37(50)42(6)25-54-42/h8-17,24,26-27,31-34H,7,18-23,25H2,1-6H3,(H,44,48)(H,45,53)(H,46,51)(H,47,52). The summed E-state index contributed by atoms with van der Waals surface area (Å²) >= 11 is 1.07. The normalized spacial score (nSPS) is 16.9. The third-order valence-corrected chi connectivity index (χ3v) is 10.1. The van der Waals surface area contributed by atoms with Gasteiger partial charge in [0, 0.05) is 23.9 Å². The molecule has 0 aliphatic carbocycles. The number of epoxide rings is 1. The number of esters is 1. The third-order valence-electron chi connectivity index (χ3n) is 9.27. The second kappa shape index (κ2) is 20.8. The number of hydrogen-bond donors (Lipinski definition) is 4. The molecule has 5 unspecified atom stereocenters. The van der Waals surface area contributed by atoms with Crippen LogP contribution in [0.15, 0.2) is 66.9 Å². The molecule has 4 N–H and O–H groups in total. The van der Waals surface area contributed by atoms with Crippen LogP contribution in [0.1, 0.15) is 83.2 Å². The molecule has 5 atom stereocenters. The van der Waals surface area contributed by atoms with E-state index in [1.165, 1.54) is 6.20 Å². The topological polar surface area (TPSA) is 185 Å². The quantitative estimate of drug-likeness (QED) is 0.0853. The van der Waals surface area contributed by atoms with E-state index < -0.39 is 59.4 Å². The summed E-state index contributed by atoms with van der Waals surface area (Å²) in [5.41, 5.74) is 0.811. The number of thiazole rings is 1. The van der Waals surface area contributed by atoms with Gasteiger partial charge in [-0.15, -0.1) is 0 Å². The summed E-state index contributed by atoms with van der Waals surface area (Å²) in [5, 5.41) is 11.6. The van der Waals surface area contributed by atoms with Crippen LogP contribution in [0, 0.1) is 11.8 Å². The summed E-state index contributed by atoms with van der Waals surface area (Å²) in [7, 11) is 0. The molecule has 1 aliphatic rings. The van der Waals surface area contributed by atoms with Crippen LogP contribution in [-0.2, 0) is 52.8 Å². The van der Waals surface area contributed by atoms with Crippen molar-refractivity contribution in [1.82, 2.24) is 26.3 Å². The molecule has 3 aromatic rings. The Hall–Kier alpha value is -4.95. The molecule has 302 valence electrons. The summed E-state index contributed by atoms with van der Waals surface area (Å²) in [5.74, 6) is -2.68. The molecule has 1 aromatic heterocycles. The summed E-state index contributed by atoms with van der Waals surface area (Å²) in [6, 6.07) is 14.8. The second-order valence-electron chi connectivity index (χ2n) is 15.3. The first-order valence-corrected chi connectivity index (χ1v) is 20.1. The Balaban J connectivity index is 1.52. The van der Waals surface area contributed by atoms with E-state index >= 15 is 0 Å². The molecule has 1 saturated heterocycles. The van der Waals surface area contributed by atoms with E-state index in [1.54, 1.807) is 13.8 Å². The van der Waals surface area contributed by atoms with Gasteiger partial charge in [-0.2, -0.15) is 0 Å². The van der Waals surface area contributed by atoms with Gasteiger partial charge in [0.15, 0.2) is 5.78 Å². The van der Waals surface area contributed by atoms with E-state index in [2.05, 4.69) is 26.3 Å². The van der Waals surface area contributed by atoms with E-state index in [1.807, 2.05) is 88.4 Å². The number of nitrogens with zero attached hydrogens (tertiary/aromatic N) is 1. The van der Waals surface area contributed by atoms with Crippen LogP contribution in [0.5, 0.6) is 5.19 Å². The molecule has 0 radical (unpaired) electrons. The van der Waals surface area contributed by atoms with Gasteiger partial charge in [0.25, 0.3) is 5.19 Å². The number of aromatic nitrogens is 1. The van der Waals surface area contributed by atoms with Crippen molar-refractivity contribution < 1.29 is 38.2 Å². The van der Waals surface area contributed by atoms with Gasteiger partial charge in [-0.3, -0.25) is 28.8 Å². The molecule has 0 bridgehead atoms. The number of rotatable bonds is 22. The molecule has 2 aromatic carbocycles. The summed E-state index contributed by atoms with van der Waals surface area (Å²) in [6.07, 6.45) is 3.03. The molecule has 0 spiro atoms. The third kappa shape index (κ3) is 14.0. The first-order chi connectivity index (χ1) is 26.6. The fraction of sp³-hybridized carbons (Fsp3) is 0.500. The molecule has 4 amide bonds.